The van der Waals surface area contributed by atoms with Crippen LogP contribution in [0, 0.1) is 28.5 Å². The summed E-state index contributed by atoms with van der Waals surface area (Å²) in [4.78, 5) is 4.78. The van der Waals surface area contributed by atoms with Crippen molar-refractivity contribution in [1.29, 1.82) is 0 Å². The van der Waals surface area contributed by atoms with Gasteiger partial charge in [0.25, 0.3) is 0 Å². The summed E-state index contributed by atoms with van der Waals surface area (Å²) in [5.74, 6) is 0.825. The highest BCUT2D eigenvalue weighted by Crippen LogP contribution is 2.66. The molecule has 0 radical (unpaired) electrons. The summed E-state index contributed by atoms with van der Waals surface area (Å²) >= 11 is 0. The number of hydrogen-bond acceptors (Lipinski definition) is 4. The van der Waals surface area contributed by atoms with E-state index in [2.05, 4.69) is 35.8 Å². The summed E-state index contributed by atoms with van der Waals surface area (Å²) in [7, 11) is 0. The molecule has 6 atom stereocenters. The molecule has 1 heterocycles. The highest BCUT2D eigenvalue weighted by Gasteiger charge is 2.62. The van der Waals surface area contributed by atoms with Gasteiger partial charge in [-0.3, -0.25) is 4.90 Å². The van der Waals surface area contributed by atoms with Crippen LogP contribution < -0.4 is 4.90 Å². The molecule has 0 amide bonds. The maximum atomic E-state index is 13.3. The molecular weight excluding hydrogens is 439 g/mol. The minimum absolute atomic E-state index is 0.0840. The molecule has 5 aliphatic rings. The summed E-state index contributed by atoms with van der Waals surface area (Å²) in [5.41, 5.74) is 3.55. The second-order valence-electron chi connectivity index (χ2n) is 12.5. The fourth-order valence-electron chi connectivity index (χ4n) is 8.54. The Morgan fingerprint density at radius 3 is 2.37 bits per heavy atom. The fourth-order valence-corrected chi connectivity index (χ4v) is 8.54. The average Bonchev–Trinajstić information content (AvgIpc) is 3.11. The van der Waals surface area contributed by atoms with E-state index in [-0.39, 0.29) is 22.8 Å². The number of aliphatic hydroxyl groups is 2. The Balaban J connectivity index is 1.16. The van der Waals surface area contributed by atoms with Gasteiger partial charge in [-0.2, -0.15) is 0 Å². The van der Waals surface area contributed by atoms with Crippen LogP contribution in [0.4, 0.5) is 10.1 Å². The molecule has 3 saturated carbocycles. The molecule has 1 aromatic rings. The number of benzene rings is 1. The topological polar surface area (TPSA) is 46.9 Å². The van der Waals surface area contributed by atoms with Crippen molar-refractivity contribution in [2.24, 2.45) is 22.7 Å². The third-order valence-corrected chi connectivity index (χ3v) is 10.9. The molecule has 6 rings (SSSR count). The number of piperazine rings is 1. The third-order valence-electron chi connectivity index (χ3n) is 10.9. The summed E-state index contributed by atoms with van der Waals surface area (Å²) in [5, 5.41) is 22.4. The van der Waals surface area contributed by atoms with E-state index < -0.39 is 5.60 Å². The molecule has 1 aliphatic heterocycles. The van der Waals surface area contributed by atoms with Crippen LogP contribution in [0.25, 0.3) is 0 Å². The Kier molecular flexibility index (Phi) is 5.70. The largest absolute Gasteiger partial charge is 0.393 e. The second-order valence-corrected chi connectivity index (χ2v) is 12.5. The van der Waals surface area contributed by atoms with E-state index in [1.807, 2.05) is 12.1 Å². The van der Waals surface area contributed by atoms with Gasteiger partial charge >= 0.3 is 0 Å². The first-order chi connectivity index (χ1) is 16.7. The molecule has 0 spiro atoms. The Bertz CT molecular complexity index is 1030. The normalized spacial score (nSPS) is 41.5. The first-order valence-corrected chi connectivity index (χ1v) is 13.8. The lowest BCUT2D eigenvalue weighted by Gasteiger charge is -2.56. The number of fused-ring (bicyclic) bond motifs is 5. The van der Waals surface area contributed by atoms with Crippen molar-refractivity contribution >= 4 is 5.69 Å². The van der Waals surface area contributed by atoms with E-state index in [0.717, 1.165) is 83.4 Å². The minimum Gasteiger partial charge on any atom is -0.393 e. The Morgan fingerprint density at radius 2 is 1.63 bits per heavy atom. The monoisotopic (exact) mass is 480 g/mol. The van der Waals surface area contributed by atoms with Crippen LogP contribution in [0.5, 0.6) is 0 Å². The molecule has 2 N–H and O–H groups in total. The van der Waals surface area contributed by atoms with Gasteiger partial charge in [0, 0.05) is 43.8 Å². The van der Waals surface area contributed by atoms with Crippen molar-refractivity contribution in [2.45, 2.75) is 70.5 Å². The molecule has 5 heteroatoms. The van der Waals surface area contributed by atoms with E-state index in [1.54, 1.807) is 5.57 Å². The number of nitrogens with zero attached hydrogens (tertiary/aromatic N) is 2. The van der Waals surface area contributed by atoms with Gasteiger partial charge in [-0.15, -0.1) is 0 Å². The van der Waals surface area contributed by atoms with E-state index in [1.165, 1.54) is 17.7 Å². The van der Waals surface area contributed by atoms with Gasteiger partial charge < -0.3 is 15.1 Å². The lowest BCUT2D eigenvalue weighted by molar-refractivity contribution is -0.102. The third kappa shape index (κ3) is 3.72. The van der Waals surface area contributed by atoms with Crippen LogP contribution in [0.2, 0.25) is 0 Å². The zero-order chi connectivity index (χ0) is 24.4. The quantitative estimate of drug-likeness (QED) is 0.645. The summed E-state index contributed by atoms with van der Waals surface area (Å²) in [6.45, 7) is 9.23. The van der Waals surface area contributed by atoms with Crippen molar-refractivity contribution in [3.63, 3.8) is 0 Å². The van der Waals surface area contributed by atoms with Gasteiger partial charge in [0.15, 0.2) is 0 Å². The first-order valence-electron chi connectivity index (χ1n) is 13.8. The molecule has 190 valence electrons. The minimum atomic E-state index is -0.658. The first kappa shape index (κ1) is 23.7. The molecule has 6 unspecified atom stereocenters. The van der Waals surface area contributed by atoms with Crippen LogP contribution >= 0.6 is 0 Å². The van der Waals surface area contributed by atoms with Crippen molar-refractivity contribution < 1.29 is 14.6 Å². The van der Waals surface area contributed by atoms with E-state index >= 15 is 0 Å². The lowest BCUT2D eigenvalue weighted by Crippen LogP contribution is -2.58. The molecule has 4 aliphatic carbocycles. The van der Waals surface area contributed by atoms with Crippen molar-refractivity contribution in [3.05, 3.63) is 53.4 Å². The van der Waals surface area contributed by atoms with E-state index in [9.17, 15) is 14.6 Å². The summed E-state index contributed by atoms with van der Waals surface area (Å²) in [6, 6.07) is 6.80. The zero-order valence-electron chi connectivity index (χ0n) is 21.3. The molecule has 1 aromatic carbocycles. The van der Waals surface area contributed by atoms with Crippen molar-refractivity contribution in [3.8, 4) is 0 Å². The molecule has 35 heavy (non-hydrogen) atoms. The van der Waals surface area contributed by atoms with Crippen LogP contribution in [-0.4, -0.2) is 59.5 Å². The molecule has 4 nitrogen and oxygen atoms in total. The highest BCUT2D eigenvalue weighted by atomic mass is 19.1. The van der Waals surface area contributed by atoms with Gasteiger partial charge in [0.05, 0.1) is 11.7 Å². The number of aliphatic hydroxyl groups excluding tert-OH is 1. The van der Waals surface area contributed by atoms with Gasteiger partial charge in [0.2, 0.25) is 0 Å². The average molecular weight is 481 g/mol. The molecule has 4 fully saturated rings. The molecule has 1 saturated heterocycles. The summed E-state index contributed by atoms with van der Waals surface area (Å²) in [6.07, 6.45) is 11.5. The predicted octanol–water partition coefficient (Wildman–Crippen LogP) is 4.92. The smallest absolute Gasteiger partial charge is 0.123 e. The maximum Gasteiger partial charge on any atom is 0.123 e. The Hall–Kier alpha value is -1.69. The second kappa shape index (κ2) is 8.43. The standard InChI is InChI=1S/C30H41FN2O2/c1-28-12-9-24(34)19-21(28)3-8-25-26(28)10-13-29(2)27(25)11-14-30(29,35)20-32-15-17-33(18-16-32)23-6-4-22(31)5-7-23/h3-8,24,26-27,34-35H,9-20H2,1-2H3. The lowest BCUT2D eigenvalue weighted by atomic mass is 9.50. The Morgan fingerprint density at radius 1 is 0.914 bits per heavy atom. The molecule has 0 aromatic heterocycles. The van der Waals surface area contributed by atoms with Crippen LogP contribution in [0.3, 0.4) is 0 Å². The van der Waals surface area contributed by atoms with Crippen molar-refractivity contribution in [2.75, 3.05) is 37.6 Å². The predicted molar refractivity (Wildman–Crippen MR) is 138 cm³/mol. The number of anilines is 1. The number of hydrogen-bond donors (Lipinski definition) is 2. The van der Waals surface area contributed by atoms with Crippen molar-refractivity contribution in [1.82, 2.24) is 4.90 Å². The maximum absolute atomic E-state index is 13.3. The van der Waals surface area contributed by atoms with Gasteiger partial charge in [-0.1, -0.05) is 37.1 Å². The van der Waals surface area contributed by atoms with Gasteiger partial charge in [0.1, 0.15) is 5.82 Å². The van der Waals surface area contributed by atoms with E-state index in [0.29, 0.717) is 11.8 Å². The van der Waals surface area contributed by atoms with Gasteiger partial charge in [-0.05, 0) is 86.5 Å². The SMILES string of the molecule is CC12CCC(O)CC1=CC=C1C2CCC2(C)C1CCC2(O)CN1CCN(c2ccc(F)cc2)CC1. The molecular formula is C30H41FN2O2. The number of rotatable bonds is 3. The Labute approximate surface area is 209 Å². The van der Waals surface area contributed by atoms with Crippen LogP contribution in [0.15, 0.2) is 47.6 Å². The number of allylic oxidation sites excluding steroid dienone is 3. The summed E-state index contributed by atoms with van der Waals surface area (Å²) < 4.78 is 13.3. The fraction of sp³-hybridized carbons (Fsp3) is 0.667. The number of halogens is 1. The zero-order valence-corrected chi connectivity index (χ0v) is 21.3. The molecule has 0 bridgehead atoms. The van der Waals surface area contributed by atoms with Gasteiger partial charge in [-0.25, -0.2) is 4.39 Å². The number of β-amino-alcohol motifs (C(OH)–C–C–N with tert-alkyl or cyclic N) is 1. The highest BCUT2D eigenvalue weighted by molar-refractivity contribution is 5.46. The van der Waals surface area contributed by atoms with E-state index in [4.69, 9.17) is 0 Å². The van der Waals surface area contributed by atoms with Crippen LogP contribution in [-0.2, 0) is 0 Å². The van der Waals surface area contributed by atoms with Crippen LogP contribution in [0.1, 0.15) is 58.8 Å².